The highest BCUT2D eigenvalue weighted by atomic mass is 28.3. The van der Waals surface area contributed by atoms with Crippen LogP contribution in [0, 0.1) is 0 Å². The van der Waals surface area contributed by atoms with Crippen LogP contribution in [0.1, 0.15) is 6.42 Å². The SMILES string of the molecule is C[Si](C)(C)CCOC(=O)N1CCC=C(/C=N/O)C1. The van der Waals surface area contributed by atoms with Crippen LogP contribution in [0.15, 0.2) is 16.8 Å². The normalized spacial score (nSPS) is 16.8. The quantitative estimate of drug-likeness (QED) is 0.369. The van der Waals surface area contributed by atoms with Crippen LogP contribution in [0.4, 0.5) is 4.79 Å². The van der Waals surface area contributed by atoms with Crippen LogP contribution in [-0.2, 0) is 4.74 Å². The summed E-state index contributed by atoms with van der Waals surface area (Å²) in [7, 11) is -1.16. The van der Waals surface area contributed by atoms with Gasteiger partial charge in [0.1, 0.15) is 0 Å². The van der Waals surface area contributed by atoms with E-state index in [0.29, 0.717) is 19.7 Å². The Hall–Kier alpha value is -1.30. The average molecular weight is 270 g/mol. The highest BCUT2D eigenvalue weighted by Gasteiger charge is 2.20. The molecule has 1 aliphatic heterocycles. The van der Waals surface area contributed by atoms with E-state index in [4.69, 9.17) is 9.94 Å². The third kappa shape index (κ3) is 5.35. The molecule has 1 aliphatic rings. The first-order valence-electron chi connectivity index (χ1n) is 6.20. The van der Waals surface area contributed by atoms with Crippen LogP contribution in [0.2, 0.25) is 25.7 Å². The molecule has 0 saturated carbocycles. The van der Waals surface area contributed by atoms with Crippen molar-refractivity contribution in [3.63, 3.8) is 0 Å². The van der Waals surface area contributed by atoms with Gasteiger partial charge in [0.25, 0.3) is 0 Å². The molecule has 1 rings (SSSR count). The maximum atomic E-state index is 11.8. The van der Waals surface area contributed by atoms with Crippen molar-refractivity contribution in [1.29, 1.82) is 0 Å². The fourth-order valence-electron chi connectivity index (χ4n) is 1.63. The van der Waals surface area contributed by atoms with Gasteiger partial charge in [-0.15, -0.1) is 0 Å². The maximum Gasteiger partial charge on any atom is 0.410 e. The summed E-state index contributed by atoms with van der Waals surface area (Å²) >= 11 is 0. The van der Waals surface area contributed by atoms with Crippen LogP contribution in [0.3, 0.4) is 0 Å². The fourth-order valence-corrected chi connectivity index (χ4v) is 2.34. The Kier molecular flexibility index (Phi) is 5.40. The predicted octanol–water partition coefficient (Wildman–Crippen LogP) is 2.55. The number of carbonyl (C=O) groups excluding carboxylic acids is 1. The summed E-state index contributed by atoms with van der Waals surface area (Å²) in [6, 6.07) is 0.980. The molecule has 0 aromatic carbocycles. The van der Waals surface area contributed by atoms with E-state index in [0.717, 1.165) is 18.0 Å². The molecular formula is C12H22N2O3Si. The smallest absolute Gasteiger partial charge is 0.410 e. The highest BCUT2D eigenvalue weighted by Crippen LogP contribution is 2.11. The molecule has 0 aliphatic carbocycles. The Morgan fingerprint density at radius 1 is 1.61 bits per heavy atom. The van der Waals surface area contributed by atoms with Gasteiger partial charge < -0.3 is 14.8 Å². The number of carbonyl (C=O) groups is 1. The van der Waals surface area contributed by atoms with Gasteiger partial charge >= 0.3 is 6.09 Å². The molecule has 0 radical (unpaired) electrons. The minimum Gasteiger partial charge on any atom is -0.450 e. The molecule has 18 heavy (non-hydrogen) atoms. The lowest BCUT2D eigenvalue weighted by Crippen LogP contribution is -2.37. The molecule has 6 heteroatoms. The van der Waals surface area contributed by atoms with Crippen molar-refractivity contribution in [3.8, 4) is 0 Å². The lowest BCUT2D eigenvalue weighted by Gasteiger charge is -2.26. The van der Waals surface area contributed by atoms with E-state index >= 15 is 0 Å². The van der Waals surface area contributed by atoms with Crippen molar-refractivity contribution in [3.05, 3.63) is 11.6 Å². The van der Waals surface area contributed by atoms with Gasteiger partial charge in [0, 0.05) is 14.6 Å². The third-order valence-corrected chi connectivity index (χ3v) is 4.44. The molecule has 102 valence electrons. The number of amides is 1. The zero-order valence-electron chi connectivity index (χ0n) is 11.3. The molecule has 0 atom stereocenters. The second kappa shape index (κ2) is 6.58. The predicted molar refractivity (Wildman–Crippen MR) is 74.1 cm³/mol. The summed E-state index contributed by atoms with van der Waals surface area (Å²) in [6.45, 7) is 8.36. The average Bonchev–Trinajstić information content (AvgIpc) is 2.28. The monoisotopic (exact) mass is 270 g/mol. The summed E-state index contributed by atoms with van der Waals surface area (Å²) in [6.07, 6.45) is 3.82. The van der Waals surface area contributed by atoms with Gasteiger partial charge in [-0.25, -0.2) is 4.79 Å². The van der Waals surface area contributed by atoms with Crippen molar-refractivity contribution in [1.82, 2.24) is 4.90 Å². The molecule has 1 heterocycles. The van der Waals surface area contributed by atoms with Crippen molar-refractivity contribution < 1.29 is 14.7 Å². The lowest BCUT2D eigenvalue weighted by atomic mass is 10.1. The highest BCUT2D eigenvalue weighted by molar-refractivity contribution is 6.76. The first-order chi connectivity index (χ1) is 8.42. The number of oxime groups is 1. The van der Waals surface area contributed by atoms with Gasteiger partial charge in [-0.2, -0.15) is 0 Å². The summed E-state index contributed by atoms with van der Waals surface area (Å²) in [5.41, 5.74) is 0.839. The number of hydrogen-bond donors (Lipinski definition) is 1. The molecule has 0 saturated heterocycles. The van der Waals surface area contributed by atoms with Gasteiger partial charge in [0.05, 0.1) is 19.4 Å². The van der Waals surface area contributed by atoms with Crippen LogP contribution >= 0.6 is 0 Å². The molecule has 0 fully saturated rings. The van der Waals surface area contributed by atoms with Gasteiger partial charge in [-0.3, -0.25) is 0 Å². The summed E-state index contributed by atoms with van der Waals surface area (Å²) in [4.78, 5) is 13.5. The van der Waals surface area contributed by atoms with Crippen LogP contribution < -0.4 is 0 Å². The first-order valence-corrected chi connectivity index (χ1v) is 9.91. The largest absolute Gasteiger partial charge is 0.450 e. The van der Waals surface area contributed by atoms with Crippen LogP contribution in [-0.4, -0.2) is 50.2 Å². The van der Waals surface area contributed by atoms with Crippen molar-refractivity contribution in [2.45, 2.75) is 32.1 Å². The second-order valence-corrected chi connectivity index (χ2v) is 11.3. The van der Waals surface area contributed by atoms with Crippen LogP contribution in [0.5, 0.6) is 0 Å². The topological polar surface area (TPSA) is 62.1 Å². The molecule has 0 aromatic rings. The number of ether oxygens (including phenoxy) is 1. The van der Waals surface area contributed by atoms with E-state index in [-0.39, 0.29) is 6.09 Å². The summed E-state index contributed by atoms with van der Waals surface area (Å²) < 4.78 is 5.27. The van der Waals surface area contributed by atoms with E-state index in [1.54, 1.807) is 4.90 Å². The number of nitrogens with zero attached hydrogens (tertiary/aromatic N) is 2. The zero-order valence-corrected chi connectivity index (χ0v) is 12.3. The van der Waals surface area contributed by atoms with Crippen molar-refractivity contribution in [2.75, 3.05) is 19.7 Å². The fraction of sp³-hybridized carbons (Fsp3) is 0.667. The van der Waals surface area contributed by atoms with Gasteiger partial charge in [-0.1, -0.05) is 30.9 Å². The molecule has 0 spiro atoms. The minimum atomic E-state index is -1.16. The summed E-state index contributed by atoms with van der Waals surface area (Å²) in [5.74, 6) is 0. The molecule has 0 unspecified atom stereocenters. The molecule has 0 bridgehead atoms. The lowest BCUT2D eigenvalue weighted by molar-refractivity contribution is 0.110. The third-order valence-electron chi connectivity index (χ3n) is 2.74. The van der Waals surface area contributed by atoms with E-state index in [1.807, 2.05) is 6.08 Å². The van der Waals surface area contributed by atoms with Crippen LogP contribution in [0.25, 0.3) is 0 Å². The number of hydrogen-bond acceptors (Lipinski definition) is 4. The Labute approximate surface area is 109 Å². The standard InChI is InChI=1S/C12H22N2O3Si/c1-18(2,3)8-7-17-12(15)14-6-4-5-11(10-14)9-13-16/h5,9,16H,4,6-8,10H2,1-3H3/b13-9+. The van der Waals surface area contributed by atoms with E-state index in [9.17, 15) is 4.79 Å². The Morgan fingerprint density at radius 2 is 2.33 bits per heavy atom. The van der Waals surface area contributed by atoms with Crippen molar-refractivity contribution >= 4 is 20.4 Å². The zero-order chi connectivity index (χ0) is 13.6. The van der Waals surface area contributed by atoms with Crippen molar-refractivity contribution in [2.24, 2.45) is 5.16 Å². The van der Waals surface area contributed by atoms with Gasteiger partial charge in [0.15, 0.2) is 0 Å². The molecule has 1 N–H and O–H groups in total. The molecule has 0 aromatic heterocycles. The maximum absolute atomic E-state index is 11.8. The minimum absolute atomic E-state index is 0.273. The first kappa shape index (κ1) is 14.8. The number of rotatable bonds is 4. The van der Waals surface area contributed by atoms with E-state index < -0.39 is 8.07 Å². The van der Waals surface area contributed by atoms with E-state index in [1.165, 1.54) is 6.21 Å². The molecule has 1 amide bonds. The second-order valence-electron chi connectivity index (χ2n) is 5.66. The van der Waals surface area contributed by atoms with E-state index in [2.05, 4.69) is 24.8 Å². The Bertz CT molecular complexity index is 348. The Balaban J connectivity index is 2.37. The summed E-state index contributed by atoms with van der Waals surface area (Å²) in [5, 5.41) is 11.5. The van der Waals surface area contributed by atoms with Gasteiger partial charge in [-0.05, 0) is 18.0 Å². The Morgan fingerprint density at radius 3 is 2.94 bits per heavy atom. The molecular weight excluding hydrogens is 248 g/mol. The van der Waals surface area contributed by atoms with Gasteiger partial charge in [0.2, 0.25) is 0 Å². The molecule has 5 nitrogen and oxygen atoms in total.